The van der Waals surface area contributed by atoms with E-state index in [4.69, 9.17) is 10.3 Å². The van der Waals surface area contributed by atoms with Gasteiger partial charge in [0.05, 0.1) is 12.3 Å². The van der Waals surface area contributed by atoms with Crippen molar-refractivity contribution in [3.63, 3.8) is 0 Å². The summed E-state index contributed by atoms with van der Waals surface area (Å²) in [4.78, 5) is 20.0. The highest BCUT2D eigenvalue weighted by Gasteiger charge is 2.10. The molecule has 9 nitrogen and oxygen atoms in total. The molecule has 0 aliphatic heterocycles. The van der Waals surface area contributed by atoms with Gasteiger partial charge in [0.1, 0.15) is 4.92 Å². The van der Waals surface area contributed by atoms with Crippen molar-refractivity contribution in [2.24, 2.45) is 10.9 Å². The van der Waals surface area contributed by atoms with Gasteiger partial charge in [0.25, 0.3) is 0 Å². The zero-order valence-electron chi connectivity index (χ0n) is 7.34. The molecule has 0 aliphatic carbocycles. The van der Waals surface area contributed by atoms with Crippen molar-refractivity contribution in [3.05, 3.63) is 28.0 Å². The average Bonchev–Trinajstić information content (AvgIpc) is 2.66. The Hall–Kier alpha value is -2.42. The predicted molar refractivity (Wildman–Crippen MR) is 48.8 cm³/mol. The standard InChI is InChI=1S/C6H7N5O4/c7-9-6(12)10-8-3-4-1-2-5(15-4)11(13)14/h1-3H,7H2,(H2,9,10,12). The van der Waals surface area contributed by atoms with E-state index >= 15 is 0 Å². The number of urea groups is 1. The first-order valence-electron chi connectivity index (χ1n) is 3.67. The maximum Gasteiger partial charge on any atom is 0.433 e. The number of hydrazone groups is 1. The van der Waals surface area contributed by atoms with Crippen molar-refractivity contribution in [2.45, 2.75) is 0 Å². The molecule has 0 radical (unpaired) electrons. The van der Waals surface area contributed by atoms with Crippen LogP contribution >= 0.6 is 0 Å². The van der Waals surface area contributed by atoms with Crippen LogP contribution in [0.4, 0.5) is 10.7 Å². The smallest absolute Gasteiger partial charge is 0.400 e. The molecule has 1 aromatic heterocycles. The van der Waals surface area contributed by atoms with Gasteiger partial charge in [-0.2, -0.15) is 5.10 Å². The molecule has 0 bridgehead atoms. The molecular formula is C6H7N5O4. The zero-order chi connectivity index (χ0) is 11.3. The van der Waals surface area contributed by atoms with Gasteiger partial charge in [-0.05, 0) is 6.07 Å². The zero-order valence-corrected chi connectivity index (χ0v) is 7.34. The molecule has 4 N–H and O–H groups in total. The van der Waals surface area contributed by atoms with Crippen LogP contribution in [0.25, 0.3) is 0 Å². The fourth-order valence-corrected chi connectivity index (χ4v) is 0.697. The summed E-state index contributed by atoms with van der Waals surface area (Å²) < 4.78 is 4.71. The molecule has 1 heterocycles. The molecule has 1 rings (SSSR count). The van der Waals surface area contributed by atoms with Crippen LogP contribution in [0.5, 0.6) is 0 Å². The highest BCUT2D eigenvalue weighted by Crippen LogP contribution is 2.13. The van der Waals surface area contributed by atoms with Crippen LogP contribution in [0.15, 0.2) is 21.7 Å². The summed E-state index contributed by atoms with van der Waals surface area (Å²) in [6.07, 6.45) is 1.10. The van der Waals surface area contributed by atoms with Crippen molar-refractivity contribution in [1.82, 2.24) is 10.9 Å². The lowest BCUT2D eigenvalue weighted by Crippen LogP contribution is -2.37. The number of furan rings is 1. The third-order valence-electron chi connectivity index (χ3n) is 1.28. The second-order valence-corrected chi connectivity index (χ2v) is 2.28. The van der Waals surface area contributed by atoms with Crippen LogP contribution in [0.1, 0.15) is 5.76 Å². The largest absolute Gasteiger partial charge is 0.433 e. The lowest BCUT2D eigenvalue weighted by atomic mass is 10.5. The Morgan fingerprint density at radius 2 is 2.40 bits per heavy atom. The molecule has 0 fully saturated rings. The monoisotopic (exact) mass is 213 g/mol. The van der Waals surface area contributed by atoms with E-state index < -0.39 is 16.8 Å². The Labute approximate surface area is 83.0 Å². The molecule has 0 atom stereocenters. The molecule has 1 aromatic rings. The highest BCUT2D eigenvalue weighted by atomic mass is 16.6. The second-order valence-electron chi connectivity index (χ2n) is 2.28. The van der Waals surface area contributed by atoms with E-state index in [-0.39, 0.29) is 5.76 Å². The summed E-state index contributed by atoms with van der Waals surface area (Å²) in [6, 6.07) is 1.79. The Kier molecular flexibility index (Phi) is 3.35. The first-order valence-corrected chi connectivity index (χ1v) is 3.67. The molecule has 0 aliphatic rings. The fourth-order valence-electron chi connectivity index (χ4n) is 0.697. The van der Waals surface area contributed by atoms with Crippen molar-refractivity contribution in [3.8, 4) is 0 Å². The van der Waals surface area contributed by atoms with Crippen LogP contribution in [-0.4, -0.2) is 17.2 Å². The second kappa shape index (κ2) is 4.72. The Morgan fingerprint density at radius 1 is 1.67 bits per heavy atom. The first kappa shape index (κ1) is 10.7. The predicted octanol–water partition coefficient (Wildman–Crippen LogP) is -0.305. The van der Waals surface area contributed by atoms with Gasteiger partial charge in [0, 0.05) is 0 Å². The van der Waals surface area contributed by atoms with Gasteiger partial charge in [0.2, 0.25) is 0 Å². The molecule has 2 amide bonds. The number of carbonyl (C=O) groups is 1. The van der Waals surface area contributed by atoms with Gasteiger partial charge in [-0.3, -0.25) is 15.5 Å². The number of hydrogen-bond donors (Lipinski definition) is 3. The van der Waals surface area contributed by atoms with Gasteiger partial charge in [-0.1, -0.05) is 0 Å². The van der Waals surface area contributed by atoms with E-state index in [9.17, 15) is 14.9 Å². The van der Waals surface area contributed by atoms with Crippen LogP contribution in [0, 0.1) is 10.1 Å². The Bertz CT molecular complexity index is 398. The average molecular weight is 213 g/mol. The van der Waals surface area contributed by atoms with E-state index in [1.807, 2.05) is 5.43 Å². The number of amides is 2. The first-order chi connectivity index (χ1) is 7.13. The van der Waals surface area contributed by atoms with Gasteiger partial charge in [-0.15, -0.1) is 0 Å². The summed E-state index contributed by atoms with van der Waals surface area (Å²) in [7, 11) is 0. The quantitative estimate of drug-likeness (QED) is 0.208. The maximum atomic E-state index is 10.5. The Balaban J connectivity index is 2.57. The summed E-state index contributed by atoms with van der Waals surface area (Å²) in [6.45, 7) is 0. The number of nitro groups is 1. The fraction of sp³-hybridized carbons (Fsp3) is 0. The number of hydrogen-bond acceptors (Lipinski definition) is 6. The SMILES string of the molecule is NNC(=O)NN=Cc1ccc([N+](=O)[O-])o1. The molecule has 15 heavy (non-hydrogen) atoms. The van der Waals surface area contributed by atoms with Crippen LogP contribution in [0.2, 0.25) is 0 Å². The number of carbonyl (C=O) groups excluding carboxylic acids is 1. The molecule has 0 saturated carbocycles. The number of nitrogens with one attached hydrogen (secondary N) is 2. The lowest BCUT2D eigenvalue weighted by Gasteiger charge is -1.93. The van der Waals surface area contributed by atoms with Gasteiger partial charge in [0.15, 0.2) is 5.76 Å². The molecule has 0 saturated heterocycles. The topological polar surface area (TPSA) is 136 Å². The summed E-state index contributed by atoms with van der Waals surface area (Å²) in [5, 5.41) is 13.6. The van der Waals surface area contributed by atoms with Crippen molar-refractivity contribution in [2.75, 3.05) is 0 Å². The van der Waals surface area contributed by atoms with Crippen LogP contribution < -0.4 is 16.7 Å². The minimum Gasteiger partial charge on any atom is -0.400 e. The van der Waals surface area contributed by atoms with Crippen LogP contribution in [-0.2, 0) is 0 Å². The van der Waals surface area contributed by atoms with Crippen molar-refractivity contribution >= 4 is 18.1 Å². The molecule has 9 heteroatoms. The minimum absolute atomic E-state index is 0.138. The number of rotatable bonds is 3. The van der Waals surface area contributed by atoms with E-state index in [2.05, 4.69) is 5.10 Å². The summed E-state index contributed by atoms with van der Waals surface area (Å²) in [5.41, 5.74) is 3.76. The summed E-state index contributed by atoms with van der Waals surface area (Å²) >= 11 is 0. The van der Waals surface area contributed by atoms with E-state index in [0.29, 0.717) is 0 Å². The molecule has 80 valence electrons. The highest BCUT2D eigenvalue weighted by molar-refractivity contribution is 5.79. The van der Waals surface area contributed by atoms with E-state index in [1.54, 1.807) is 5.43 Å². The lowest BCUT2D eigenvalue weighted by molar-refractivity contribution is -0.402. The third kappa shape index (κ3) is 3.08. The molecular weight excluding hydrogens is 206 g/mol. The van der Waals surface area contributed by atoms with Gasteiger partial charge >= 0.3 is 11.9 Å². The van der Waals surface area contributed by atoms with Crippen molar-refractivity contribution in [1.29, 1.82) is 0 Å². The van der Waals surface area contributed by atoms with E-state index in [0.717, 1.165) is 6.21 Å². The third-order valence-corrected chi connectivity index (χ3v) is 1.28. The number of hydrazine groups is 1. The number of nitrogens with two attached hydrogens (primary N) is 1. The van der Waals surface area contributed by atoms with Crippen molar-refractivity contribution < 1.29 is 14.1 Å². The van der Waals surface area contributed by atoms with E-state index in [1.165, 1.54) is 12.1 Å². The minimum atomic E-state index is -0.715. The Morgan fingerprint density at radius 3 is 2.93 bits per heavy atom. The normalized spacial score (nSPS) is 10.2. The van der Waals surface area contributed by atoms with Gasteiger partial charge < -0.3 is 4.42 Å². The van der Waals surface area contributed by atoms with Gasteiger partial charge in [-0.25, -0.2) is 16.1 Å². The number of nitrogens with zero attached hydrogens (tertiary/aromatic N) is 2. The maximum absolute atomic E-state index is 10.5. The molecule has 0 unspecified atom stereocenters. The molecule has 0 spiro atoms. The van der Waals surface area contributed by atoms with Crippen LogP contribution in [0.3, 0.4) is 0 Å². The summed E-state index contributed by atoms with van der Waals surface area (Å²) in [5.74, 6) is 4.48. The molecule has 0 aromatic carbocycles.